The van der Waals surface area contributed by atoms with E-state index in [4.69, 9.17) is 15.9 Å². The Morgan fingerprint density at radius 1 is 1.25 bits per heavy atom. The molecule has 0 bridgehead atoms. The highest BCUT2D eigenvalue weighted by atomic mass is 16.4. The minimum absolute atomic E-state index is 0.137. The van der Waals surface area contributed by atoms with Gasteiger partial charge < -0.3 is 21.3 Å². The maximum atomic E-state index is 11.9. The summed E-state index contributed by atoms with van der Waals surface area (Å²) in [6.07, 6.45) is 0.274. The Morgan fingerprint density at radius 2 is 1.80 bits per heavy atom. The number of rotatable bonds is 6. The van der Waals surface area contributed by atoms with Crippen molar-refractivity contribution >= 4 is 11.9 Å². The van der Waals surface area contributed by atoms with E-state index in [2.05, 4.69) is 5.32 Å². The number of nitrogens with one attached hydrogen (secondary N) is 1. The van der Waals surface area contributed by atoms with Gasteiger partial charge in [-0.05, 0) is 30.0 Å². The van der Waals surface area contributed by atoms with Crippen molar-refractivity contribution < 1.29 is 19.8 Å². The van der Waals surface area contributed by atoms with Crippen molar-refractivity contribution in [1.82, 2.24) is 5.32 Å². The molecule has 0 aliphatic heterocycles. The molecule has 1 rings (SSSR count). The van der Waals surface area contributed by atoms with Crippen LogP contribution >= 0.6 is 0 Å². The first kappa shape index (κ1) is 16.0. The van der Waals surface area contributed by atoms with Gasteiger partial charge in [-0.2, -0.15) is 0 Å². The minimum atomic E-state index is -1.08. The molecule has 110 valence electrons. The van der Waals surface area contributed by atoms with Gasteiger partial charge in [0.2, 0.25) is 5.91 Å². The lowest BCUT2D eigenvalue weighted by molar-refractivity contribution is -0.143. The molecule has 1 amide bonds. The molecule has 1 aromatic rings. The Balaban J connectivity index is 2.62. The molecular formula is C14H20N2O4. The third kappa shape index (κ3) is 4.55. The lowest BCUT2D eigenvalue weighted by atomic mass is 10.0. The molecule has 0 heterocycles. The van der Waals surface area contributed by atoms with Crippen molar-refractivity contribution in [1.29, 1.82) is 0 Å². The summed E-state index contributed by atoms with van der Waals surface area (Å²) >= 11 is 0. The highest BCUT2D eigenvalue weighted by molar-refractivity contribution is 5.87. The van der Waals surface area contributed by atoms with Crippen molar-refractivity contribution in [2.75, 3.05) is 0 Å². The molecule has 0 saturated heterocycles. The third-order valence-corrected chi connectivity index (χ3v) is 2.96. The van der Waals surface area contributed by atoms with Crippen molar-refractivity contribution in [3.63, 3.8) is 0 Å². The van der Waals surface area contributed by atoms with Crippen LogP contribution in [0.4, 0.5) is 0 Å². The smallest absolute Gasteiger partial charge is 0.326 e. The Morgan fingerprint density at radius 3 is 2.25 bits per heavy atom. The van der Waals surface area contributed by atoms with Gasteiger partial charge in [0.25, 0.3) is 0 Å². The molecule has 0 spiro atoms. The average molecular weight is 280 g/mol. The van der Waals surface area contributed by atoms with Crippen LogP contribution in [0.15, 0.2) is 24.3 Å². The van der Waals surface area contributed by atoms with Gasteiger partial charge in [-0.25, -0.2) is 4.79 Å². The second-order valence-electron chi connectivity index (χ2n) is 5.05. The van der Waals surface area contributed by atoms with E-state index in [1.165, 1.54) is 12.1 Å². The molecule has 0 aliphatic carbocycles. The summed E-state index contributed by atoms with van der Waals surface area (Å²) < 4.78 is 0. The summed E-state index contributed by atoms with van der Waals surface area (Å²) in [6.45, 7) is 3.43. The van der Waals surface area contributed by atoms with Gasteiger partial charge in [0, 0.05) is 0 Å². The van der Waals surface area contributed by atoms with E-state index in [1.807, 2.05) is 0 Å². The van der Waals surface area contributed by atoms with Gasteiger partial charge >= 0.3 is 5.97 Å². The van der Waals surface area contributed by atoms with Crippen molar-refractivity contribution in [2.24, 2.45) is 11.7 Å². The van der Waals surface area contributed by atoms with Gasteiger partial charge in [-0.15, -0.1) is 0 Å². The first-order chi connectivity index (χ1) is 9.31. The molecule has 6 nitrogen and oxygen atoms in total. The highest BCUT2D eigenvalue weighted by Gasteiger charge is 2.25. The molecule has 5 N–H and O–H groups in total. The number of carbonyl (C=O) groups is 2. The van der Waals surface area contributed by atoms with Crippen LogP contribution in [0.3, 0.4) is 0 Å². The quantitative estimate of drug-likeness (QED) is 0.605. The van der Waals surface area contributed by atoms with E-state index >= 15 is 0 Å². The van der Waals surface area contributed by atoms with E-state index in [0.717, 1.165) is 5.56 Å². The van der Waals surface area contributed by atoms with Crippen LogP contribution in [0.5, 0.6) is 5.75 Å². The van der Waals surface area contributed by atoms with E-state index < -0.39 is 24.0 Å². The first-order valence-electron chi connectivity index (χ1n) is 6.38. The predicted molar refractivity (Wildman–Crippen MR) is 74.2 cm³/mol. The number of carboxylic acid groups (broad SMARTS) is 1. The molecule has 1 aromatic carbocycles. The molecule has 0 saturated carbocycles. The fraction of sp³-hybridized carbons (Fsp3) is 0.429. The van der Waals surface area contributed by atoms with Gasteiger partial charge in [0.05, 0.1) is 6.04 Å². The van der Waals surface area contributed by atoms with Crippen LogP contribution in [0.25, 0.3) is 0 Å². The zero-order valence-corrected chi connectivity index (χ0v) is 11.5. The molecule has 0 radical (unpaired) electrons. The zero-order valence-electron chi connectivity index (χ0n) is 11.5. The largest absolute Gasteiger partial charge is 0.508 e. The lowest BCUT2D eigenvalue weighted by Crippen LogP contribution is -2.51. The van der Waals surface area contributed by atoms with Gasteiger partial charge in [0.15, 0.2) is 0 Å². The SMILES string of the molecule is CC(C)[C@@H](NC(=O)C(N)Cc1ccc(O)cc1)C(=O)O. The zero-order chi connectivity index (χ0) is 15.3. The number of benzene rings is 1. The summed E-state index contributed by atoms with van der Waals surface area (Å²) in [5.74, 6) is -1.67. The summed E-state index contributed by atoms with van der Waals surface area (Å²) in [4.78, 5) is 22.9. The third-order valence-electron chi connectivity index (χ3n) is 2.96. The molecule has 0 aliphatic rings. The number of hydrogen-bond donors (Lipinski definition) is 4. The number of aromatic hydroxyl groups is 1. The highest BCUT2D eigenvalue weighted by Crippen LogP contribution is 2.11. The number of nitrogens with two attached hydrogens (primary N) is 1. The molecule has 0 aromatic heterocycles. The molecule has 2 atom stereocenters. The van der Waals surface area contributed by atoms with Gasteiger partial charge in [-0.1, -0.05) is 26.0 Å². The number of carbonyl (C=O) groups excluding carboxylic acids is 1. The second-order valence-corrected chi connectivity index (χ2v) is 5.05. The van der Waals surface area contributed by atoms with E-state index in [1.54, 1.807) is 26.0 Å². The number of carboxylic acids is 1. The molecule has 20 heavy (non-hydrogen) atoms. The summed E-state index contributed by atoms with van der Waals surface area (Å²) in [6, 6.07) is 4.56. The topological polar surface area (TPSA) is 113 Å². The summed E-state index contributed by atoms with van der Waals surface area (Å²) in [7, 11) is 0. The van der Waals surface area contributed by atoms with Crippen LogP contribution in [0, 0.1) is 5.92 Å². The lowest BCUT2D eigenvalue weighted by Gasteiger charge is -2.20. The van der Waals surface area contributed by atoms with E-state index in [-0.39, 0.29) is 18.1 Å². The summed E-state index contributed by atoms with van der Waals surface area (Å²) in [5, 5.41) is 20.6. The Labute approximate surface area is 117 Å². The van der Waals surface area contributed by atoms with Gasteiger partial charge in [0.1, 0.15) is 11.8 Å². The van der Waals surface area contributed by atoms with Gasteiger partial charge in [-0.3, -0.25) is 4.79 Å². The fourth-order valence-electron chi connectivity index (χ4n) is 1.75. The fourth-order valence-corrected chi connectivity index (χ4v) is 1.75. The molecule has 1 unspecified atom stereocenters. The van der Waals surface area contributed by atoms with Crippen LogP contribution < -0.4 is 11.1 Å². The van der Waals surface area contributed by atoms with E-state index in [0.29, 0.717) is 0 Å². The maximum Gasteiger partial charge on any atom is 0.326 e. The Kier molecular flexibility index (Phi) is 5.52. The van der Waals surface area contributed by atoms with Crippen LogP contribution in [-0.4, -0.2) is 34.2 Å². The van der Waals surface area contributed by atoms with Crippen molar-refractivity contribution in [2.45, 2.75) is 32.4 Å². The number of phenols is 1. The van der Waals surface area contributed by atoms with Crippen LogP contribution in [-0.2, 0) is 16.0 Å². The normalized spacial score (nSPS) is 13.8. The number of hydrogen-bond acceptors (Lipinski definition) is 4. The number of amides is 1. The number of phenolic OH excluding ortho intramolecular Hbond substituents is 1. The predicted octanol–water partition coefficient (Wildman–Crippen LogP) is 0.487. The monoisotopic (exact) mass is 280 g/mol. The molecule has 0 fully saturated rings. The molecule has 6 heteroatoms. The molecular weight excluding hydrogens is 260 g/mol. The standard InChI is InChI=1S/C14H20N2O4/c1-8(2)12(14(19)20)16-13(18)11(15)7-9-3-5-10(17)6-4-9/h3-6,8,11-12,17H,7,15H2,1-2H3,(H,16,18)(H,19,20)/t11?,12-/m1/s1. The van der Waals surface area contributed by atoms with Crippen molar-refractivity contribution in [3.05, 3.63) is 29.8 Å². The number of aliphatic carboxylic acids is 1. The maximum absolute atomic E-state index is 11.9. The Hall–Kier alpha value is -2.08. The second kappa shape index (κ2) is 6.91. The minimum Gasteiger partial charge on any atom is -0.508 e. The van der Waals surface area contributed by atoms with E-state index in [9.17, 15) is 9.59 Å². The Bertz CT molecular complexity index is 471. The van der Waals surface area contributed by atoms with Crippen LogP contribution in [0.2, 0.25) is 0 Å². The van der Waals surface area contributed by atoms with Crippen LogP contribution in [0.1, 0.15) is 19.4 Å². The first-order valence-corrected chi connectivity index (χ1v) is 6.38. The van der Waals surface area contributed by atoms with Crippen molar-refractivity contribution in [3.8, 4) is 5.75 Å². The summed E-state index contributed by atoms with van der Waals surface area (Å²) in [5.41, 5.74) is 6.56. The average Bonchev–Trinajstić information content (AvgIpc) is 2.37.